The Hall–Kier alpha value is -1.04. The summed E-state index contributed by atoms with van der Waals surface area (Å²) in [5, 5.41) is 5.47. The van der Waals surface area contributed by atoms with E-state index in [9.17, 15) is 0 Å². The van der Waals surface area contributed by atoms with Gasteiger partial charge in [-0.15, -0.1) is 11.8 Å². The van der Waals surface area contributed by atoms with Crippen LogP contribution in [-0.2, 0) is 11.3 Å². The minimum Gasteiger partial charge on any atom is -0.381 e. The number of hydrogen-bond acceptors (Lipinski definition) is 4. The van der Waals surface area contributed by atoms with E-state index in [2.05, 4.69) is 34.1 Å². The van der Waals surface area contributed by atoms with E-state index in [1.54, 1.807) is 0 Å². The largest absolute Gasteiger partial charge is 0.381 e. The number of pyridine rings is 1. The molecular formula is C16H21N3OS. The van der Waals surface area contributed by atoms with Crippen LogP contribution in [0.25, 0.3) is 5.65 Å². The van der Waals surface area contributed by atoms with Crippen molar-refractivity contribution in [2.75, 3.05) is 13.2 Å². The van der Waals surface area contributed by atoms with Gasteiger partial charge in [-0.05, 0) is 37.8 Å². The summed E-state index contributed by atoms with van der Waals surface area (Å²) in [6, 6.07) is 6.95. The zero-order valence-electron chi connectivity index (χ0n) is 12.1. The molecule has 4 rings (SSSR count). The summed E-state index contributed by atoms with van der Waals surface area (Å²) in [6.07, 6.45) is 7.03. The second kappa shape index (κ2) is 5.99. The van der Waals surface area contributed by atoms with Crippen LogP contribution in [0.1, 0.15) is 31.4 Å². The molecule has 0 unspecified atom stereocenters. The van der Waals surface area contributed by atoms with Crippen molar-refractivity contribution >= 4 is 17.4 Å². The fourth-order valence-corrected chi connectivity index (χ4v) is 3.96. The van der Waals surface area contributed by atoms with Crippen molar-refractivity contribution in [3.8, 4) is 0 Å². The van der Waals surface area contributed by atoms with Crippen molar-refractivity contribution in [1.29, 1.82) is 0 Å². The maximum atomic E-state index is 5.46. The second-order valence-corrected chi connectivity index (χ2v) is 7.17. The lowest BCUT2D eigenvalue weighted by Crippen LogP contribution is -2.19. The van der Waals surface area contributed by atoms with Crippen LogP contribution in [-0.4, -0.2) is 33.9 Å². The highest BCUT2D eigenvalue weighted by molar-refractivity contribution is 7.99. The lowest BCUT2D eigenvalue weighted by atomic mass is 10.2. The van der Waals surface area contributed by atoms with Gasteiger partial charge in [0.25, 0.3) is 0 Å². The summed E-state index contributed by atoms with van der Waals surface area (Å²) in [5.41, 5.74) is 2.37. The first-order valence-corrected chi connectivity index (χ1v) is 8.72. The van der Waals surface area contributed by atoms with Crippen LogP contribution < -0.4 is 5.32 Å². The average Bonchev–Trinajstić information content (AvgIpc) is 3.28. The quantitative estimate of drug-likeness (QED) is 0.922. The molecule has 4 nitrogen and oxygen atoms in total. The predicted octanol–water partition coefficient (Wildman–Crippen LogP) is 2.86. The first kappa shape index (κ1) is 13.6. The fraction of sp³-hybridized carbons (Fsp3) is 0.562. The normalized spacial score (nSPS) is 20.2. The van der Waals surface area contributed by atoms with E-state index < -0.39 is 0 Å². The van der Waals surface area contributed by atoms with Crippen molar-refractivity contribution in [2.45, 2.75) is 48.5 Å². The van der Waals surface area contributed by atoms with Gasteiger partial charge in [-0.3, -0.25) is 0 Å². The molecule has 21 heavy (non-hydrogen) atoms. The average molecular weight is 303 g/mol. The fourth-order valence-electron chi connectivity index (χ4n) is 2.76. The predicted molar refractivity (Wildman–Crippen MR) is 84.8 cm³/mol. The number of rotatable bonds is 5. The highest BCUT2D eigenvalue weighted by Gasteiger charge is 2.23. The van der Waals surface area contributed by atoms with E-state index in [1.165, 1.54) is 23.6 Å². The molecule has 2 aliphatic rings. The van der Waals surface area contributed by atoms with E-state index in [0.717, 1.165) is 44.3 Å². The van der Waals surface area contributed by atoms with E-state index in [-0.39, 0.29) is 0 Å². The maximum absolute atomic E-state index is 5.46. The molecule has 1 aliphatic heterocycles. The molecule has 0 radical (unpaired) electrons. The number of aromatic nitrogens is 2. The molecule has 1 aliphatic carbocycles. The van der Waals surface area contributed by atoms with E-state index in [0.29, 0.717) is 5.25 Å². The molecule has 0 aromatic carbocycles. The number of ether oxygens (including phenoxy) is 1. The number of hydrogen-bond donors (Lipinski definition) is 1. The summed E-state index contributed by atoms with van der Waals surface area (Å²) >= 11 is 1.94. The van der Waals surface area contributed by atoms with Gasteiger partial charge in [-0.1, -0.05) is 6.07 Å². The van der Waals surface area contributed by atoms with Gasteiger partial charge < -0.3 is 14.5 Å². The lowest BCUT2D eigenvalue weighted by molar-refractivity contribution is 0.1000. The van der Waals surface area contributed by atoms with Crippen molar-refractivity contribution < 1.29 is 4.74 Å². The van der Waals surface area contributed by atoms with Gasteiger partial charge in [0.15, 0.2) is 0 Å². The Balaban J connectivity index is 1.59. The SMILES string of the molecule is c1ccn2c(CNC3CC3)c(SC3CCOCC3)nc2c1. The van der Waals surface area contributed by atoms with Gasteiger partial charge in [0, 0.05) is 37.2 Å². The van der Waals surface area contributed by atoms with Crippen LogP contribution in [0.3, 0.4) is 0 Å². The molecule has 0 amide bonds. The third-order valence-electron chi connectivity index (χ3n) is 4.17. The molecule has 3 heterocycles. The molecule has 5 heteroatoms. The molecular weight excluding hydrogens is 282 g/mol. The summed E-state index contributed by atoms with van der Waals surface area (Å²) in [7, 11) is 0. The van der Waals surface area contributed by atoms with Gasteiger partial charge >= 0.3 is 0 Å². The molecule has 1 N–H and O–H groups in total. The third-order valence-corrected chi connectivity index (χ3v) is 5.53. The summed E-state index contributed by atoms with van der Waals surface area (Å²) in [4.78, 5) is 4.85. The van der Waals surface area contributed by atoms with E-state index in [4.69, 9.17) is 9.72 Å². The Morgan fingerprint density at radius 1 is 1.24 bits per heavy atom. The van der Waals surface area contributed by atoms with E-state index in [1.807, 2.05) is 11.8 Å². The van der Waals surface area contributed by atoms with Crippen molar-refractivity contribution in [3.63, 3.8) is 0 Å². The smallest absolute Gasteiger partial charge is 0.138 e. The van der Waals surface area contributed by atoms with Gasteiger partial charge in [0.05, 0.1) is 5.69 Å². The minimum atomic E-state index is 0.642. The maximum Gasteiger partial charge on any atom is 0.138 e. The molecule has 112 valence electrons. The molecule has 2 aromatic heterocycles. The number of nitrogens with one attached hydrogen (secondary N) is 1. The van der Waals surface area contributed by atoms with Crippen LogP contribution >= 0.6 is 11.8 Å². The lowest BCUT2D eigenvalue weighted by Gasteiger charge is -2.21. The van der Waals surface area contributed by atoms with Crippen LogP contribution in [0, 0.1) is 0 Å². The zero-order valence-corrected chi connectivity index (χ0v) is 12.9. The molecule has 1 saturated carbocycles. The van der Waals surface area contributed by atoms with Crippen LogP contribution in [0.15, 0.2) is 29.4 Å². The summed E-state index contributed by atoms with van der Waals surface area (Å²) in [5.74, 6) is 0. The second-order valence-electron chi connectivity index (χ2n) is 5.88. The number of fused-ring (bicyclic) bond motifs is 1. The van der Waals surface area contributed by atoms with Gasteiger partial charge in [0.2, 0.25) is 0 Å². The molecule has 2 fully saturated rings. The Kier molecular flexibility index (Phi) is 3.88. The molecule has 0 bridgehead atoms. The standard InChI is InChI=1S/C16H21N3OS/c1-2-8-19-14(11-17-12-4-5-12)16(18-15(19)3-1)21-13-6-9-20-10-7-13/h1-3,8,12-13,17H,4-7,9-11H2. The van der Waals surface area contributed by atoms with Crippen LogP contribution in [0.5, 0.6) is 0 Å². The summed E-state index contributed by atoms with van der Waals surface area (Å²) < 4.78 is 7.70. The Labute approximate surface area is 129 Å². The molecule has 2 aromatic rings. The molecule has 1 saturated heterocycles. The van der Waals surface area contributed by atoms with Crippen molar-refractivity contribution in [3.05, 3.63) is 30.1 Å². The molecule has 0 atom stereocenters. The zero-order chi connectivity index (χ0) is 14.1. The van der Waals surface area contributed by atoms with Crippen molar-refractivity contribution in [1.82, 2.24) is 14.7 Å². The van der Waals surface area contributed by atoms with Gasteiger partial charge in [-0.25, -0.2) is 4.98 Å². The van der Waals surface area contributed by atoms with Crippen LogP contribution in [0.2, 0.25) is 0 Å². The highest BCUT2D eigenvalue weighted by Crippen LogP contribution is 2.32. The highest BCUT2D eigenvalue weighted by atomic mass is 32.2. The minimum absolute atomic E-state index is 0.642. The topological polar surface area (TPSA) is 38.6 Å². The first-order valence-electron chi connectivity index (χ1n) is 7.84. The third kappa shape index (κ3) is 3.10. The number of thioether (sulfide) groups is 1. The van der Waals surface area contributed by atoms with Gasteiger partial charge in [-0.2, -0.15) is 0 Å². The Bertz CT molecular complexity index is 617. The summed E-state index contributed by atoms with van der Waals surface area (Å²) in [6.45, 7) is 2.70. The van der Waals surface area contributed by atoms with Crippen LogP contribution in [0.4, 0.5) is 0 Å². The Morgan fingerprint density at radius 2 is 2.10 bits per heavy atom. The Morgan fingerprint density at radius 3 is 2.90 bits per heavy atom. The number of nitrogens with zero attached hydrogens (tertiary/aromatic N) is 2. The van der Waals surface area contributed by atoms with Crippen molar-refractivity contribution in [2.24, 2.45) is 0 Å². The van der Waals surface area contributed by atoms with Gasteiger partial charge in [0.1, 0.15) is 10.7 Å². The monoisotopic (exact) mass is 303 g/mol. The number of imidazole rings is 1. The molecule has 0 spiro atoms. The van der Waals surface area contributed by atoms with E-state index >= 15 is 0 Å². The first-order chi connectivity index (χ1) is 10.4.